The average molecular weight is 289 g/mol. The molecule has 0 bridgehead atoms. The van der Waals surface area contributed by atoms with E-state index in [0.717, 1.165) is 24.3 Å². The van der Waals surface area contributed by atoms with Crippen molar-refractivity contribution in [3.8, 4) is 16.9 Å². The standard InChI is InChI=1S/C13H8F5NO/c14-9-5-7(19)6-10(15)12(9)8-3-1-2-4-11(8)20-13(16,17)18/h1-6H,19H2. The Morgan fingerprint density at radius 2 is 1.50 bits per heavy atom. The van der Waals surface area contributed by atoms with Gasteiger partial charge in [0.15, 0.2) is 0 Å². The van der Waals surface area contributed by atoms with Crippen LogP contribution in [0.25, 0.3) is 11.1 Å². The van der Waals surface area contributed by atoms with Gasteiger partial charge in [0.25, 0.3) is 0 Å². The van der Waals surface area contributed by atoms with E-state index >= 15 is 0 Å². The minimum absolute atomic E-state index is 0.169. The minimum atomic E-state index is -4.96. The third-order valence-corrected chi connectivity index (χ3v) is 2.45. The highest BCUT2D eigenvalue weighted by Gasteiger charge is 2.32. The summed E-state index contributed by atoms with van der Waals surface area (Å²) in [6.45, 7) is 0. The summed E-state index contributed by atoms with van der Waals surface area (Å²) >= 11 is 0. The number of benzene rings is 2. The Labute approximate surface area is 110 Å². The fourth-order valence-electron chi connectivity index (χ4n) is 1.74. The zero-order valence-corrected chi connectivity index (χ0v) is 9.84. The molecule has 2 nitrogen and oxygen atoms in total. The molecule has 20 heavy (non-hydrogen) atoms. The number of nitrogen functional groups attached to an aromatic ring is 1. The molecule has 0 saturated carbocycles. The quantitative estimate of drug-likeness (QED) is 0.667. The molecule has 0 unspecified atom stereocenters. The number of para-hydroxylation sites is 1. The molecule has 0 amide bonds. The summed E-state index contributed by atoms with van der Waals surface area (Å²) in [5.41, 5.74) is 4.11. The van der Waals surface area contributed by atoms with Crippen molar-refractivity contribution in [2.45, 2.75) is 6.36 Å². The molecular formula is C13H8F5NO. The van der Waals surface area contributed by atoms with Crippen molar-refractivity contribution < 1.29 is 26.7 Å². The summed E-state index contributed by atoms with van der Waals surface area (Å²) < 4.78 is 68.1. The second kappa shape index (κ2) is 4.99. The highest BCUT2D eigenvalue weighted by molar-refractivity contribution is 5.73. The van der Waals surface area contributed by atoms with E-state index in [1.807, 2.05) is 0 Å². The summed E-state index contributed by atoms with van der Waals surface area (Å²) in [6.07, 6.45) is -4.96. The van der Waals surface area contributed by atoms with Gasteiger partial charge in [0.1, 0.15) is 17.4 Å². The number of nitrogens with two attached hydrogens (primary N) is 1. The third-order valence-electron chi connectivity index (χ3n) is 2.45. The highest BCUT2D eigenvalue weighted by Crippen LogP contribution is 2.37. The summed E-state index contributed by atoms with van der Waals surface area (Å²) in [5, 5.41) is 0. The van der Waals surface area contributed by atoms with Crippen LogP contribution in [0.5, 0.6) is 5.75 Å². The van der Waals surface area contributed by atoms with Crippen LogP contribution in [0.3, 0.4) is 0 Å². The van der Waals surface area contributed by atoms with Gasteiger partial charge >= 0.3 is 6.36 Å². The van der Waals surface area contributed by atoms with Crippen LogP contribution in [0.1, 0.15) is 0 Å². The predicted molar refractivity (Wildman–Crippen MR) is 62.9 cm³/mol. The van der Waals surface area contributed by atoms with Gasteiger partial charge in [-0.1, -0.05) is 18.2 Å². The van der Waals surface area contributed by atoms with Crippen molar-refractivity contribution in [3.63, 3.8) is 0 Å². The van der Waals surface area contributed by atoms with Crippen LogP contribution in [0.15, 0.2) is 36.4 Å². The fourth-order valence-corrected chi connectivity index (χ4v) is 1.74. The molecule has 2 rings (SSSR count). The smallest absolute Gasteiger partial charge is 0.405 e. The zero-order chi connectivity index (χ0) is 14.9. The lowest BCUT2D eigenvalue weighted by molar-refractivity contribution is -0.274. The van der Waals surface area contributed by atoms with Crippen molar-refractivity contribution in [1.29, 1.82) is 0 Å². The first kappa shape index (κ1) is 14.1. The minimum Gasteiger partial charge on any atom is -0.405 e. The Kier molecular flexibility index (Phi) is 3.52. The number of anilines is 1. The number of hydrogen-bond donors (Lipinski definition) is 1. The maximum Gasteiger partial charge on any atom is 0.573 e. The normalized spacial score (nSPS) is 11.4. The molecule has 2 N–H and O–H groups in total. The fraction of sp³-hybridized carbons (Fsp3) is 0.0769. The molecular weight excluding hydrogens is 281 g/mol. The summed E-state index contributed by atoms with van der Waals surface area (Å²) in [4.78, 5) is 0. The number of alkyl halides is 3. The van der Waals surface area contributed by atoms with E-state index in [0.29, 0.717) is 0 Å². The van der Waals surface area contributed by atoms with Gasteiger partial charge in [-0.05, 0) is 18.2 Å². The van der Waals surface area contributed by atoms with Crippen molar-refractivity contribution in [1.82, 2.24) is 0 Å². The van der Waals surface area contributed by atoms with Gasteiger partial charge in [0.2, 0.25) is 0 Å². The molecule has 0 radical (unpaired) electrons. The Morgan fingerprint density at radius 1 is 0.950 bits per heavy atom. The maximum atomic E-state index is 13.8. The van der Waals surface area contributed by atoms with E-state index in [-0.39, 0.29) is 11.3 Å². The van der Waals surface area contributed by atoms with Crippen LogP contribution in [-0.4, -0.2) is 6.36 Å². The first-order valence-electron chi connectivity index (χ1n) is 5.37. The van der Waals surface area contributed by atoms with E-state index in [9.17, 15) is 22.0 Å². The molecule has 2 aromatic carbocycles. The number of ether oxygens (including phenoxy) is 1. The van der Waals surface area contributed by atoms with Crippen LogP contribution < -0.4 is 10.5 Å². The highest BCUT2D eigenvalue weighted by atomic mass is 19.4. The van der Waals surface area contributed by atoms with Crippen molar-refractivity contribution in [2.75, 3.05) is 5.73 Å². The second-order valence-electron chi connectivity index (χ2n) is 3.90. The van der Waals surface area contributed by atoms with E-state index < -0.39 is 29.3 Å². The average Bonchev–Trinajstić information content (AvgIpc) is 2.28. The van der Waals surface area contributed by atoms with Crippen LogP contribution in [-0.2, 0) is 0 Å². The summed E-state index contributed by atoms with van der Waals surface area (Å²) in [6, 6.07) is 6.34. The van der Waals surface area contributed by atoms with E-state index in [2.05, 4.69) is 4.74 Å². The van der Waals surface area contributed by atoms with Crippen LogP contribution in [0, 0.1) is 11.6 Å². The van der Waals surface area contributed by atoms with Gasteiger partial charge in [0.05, 0.1) is 5.56 Å². The summed E-state index contributed by atoms with van der Waals surface area (Å²) in [7, 11) is 0. The number of hydrogen-bond acceptors (Lipinski definition) is 2. The molecule has 0 saturated heterocycles. The van der Waals surface area contributed by atoms with Gasteiger partial charge in [0, 0.05) is 11.3 Å². The Balaban J connectivity index is 2.59. The first-order chi connectivity index (χ1) is 9.28. The zero-order valence-electron chi connectivity index (χ0n) is 9.84. The van der Waals surface area contributed by atoms with Crippen LogP contribution in [0.4, 0.5) is 27.6 Å². The first-order valence-corrected chi connectivity index (χ1v) is 5.37. The largest absolute Gasteiger partial charge is 0.573 e. The molecule has 0 aliphatic heterocycles. The van der Waals surface area contributed by atoms with Gasteiger partial charge in [-0.15, -0.1) is 13.2 Å². The molecule has 0 aliphatic rings. The van der Waals surface area contributed by atoms with E-state index in [1.165, 1.54) is 12.1 Å². The third kappa shape index (κ3) is 2.98. The molecule has 0 aliphatic carbocycles. The molecule has 106 valence electrons. The molecule has 0 aromatic heterocycles. The molecule has 0 fully saturated rings. The lowest BCUT2D eigenvalue weighted by Gasteiger charge is -2.14. The summed E-state index contributed by atoms with van der Waals surface area (Å²) in [5.74, 6) is -2.83. The van der Waals surface area contributed by atoms with Gasteiger partial charge < -0.3 is 10.5 Å². The van der Waals surface area contributed by atoms with E-state index in [4.69, 9.17) is 5.73 Å². The Hall–Kier alpha value is -2.31. The maximum absolute atomic E-state index is 13.8. The van der Waals surface area contributed by atoms with Crippen LogP contribution in [0.2, 0.25) is 0 Å². The topological polar surface area (TPSA) is 35.2 Å². The Morgan fingerprint density at radius 3 is 2.05 bits per heavy atom. The van der Waals surface area contributed by atoms with Gasteiger partial charge in [-0.2, -0.15) is 0 Å². The molecule has 0 atom stereocenters. The van der Waals surface area contributed by atoms with Gasteiger partial charge in [-0.25, -0.2) is 8.78 Å². The monoisotopic (exact) mass is 289 g/mol. The SMILES string of the molecule is Nc1cc(F)c(-c2ccccc2OC(F)(F)F)c(F)c1. The van der Waals surface area contributed by atoms with Crippen molar-refractivity contribution in [3.05, 3.63) is 48.0 Å². The van der Waals surface area contributed by atoms with Crippen LogP contribution >= 0.6 is 0 Å². The lowest BCUT2D eigenvalue weighted by atomic mass is 10.0. The molecule has 7 heteroatoms. The van der Waals surface area contributed by atoms with Crippen molar-refractivity contribution in [2.24, 2.45) is 0 Å². The van der Waals surface area contributed by atoms with Crippen molar-refractivity contribution >= 4 is 5.69 Å². The molecule has 2 aromatic rings. The van der Waals surface area contributed by atoms with Gasteiger partial charge in [-0.3, -0.25) is 0 Å². The lowest BCUT2D eigenvalue weighted by Crippen LogP contribution is -2.17. The molecule has 0 spiro atoms. The number of rotatable bonds is 2. The second-order valence-corrected chi connectivity index (χ2v) is 3.90. The van der Waals surface area contributed by atoms with E-state index in [1.54, 1.807) is 0 Å². The predicted octanol–water partition coefficient (Wildman–Crippen LogP) is 4.11. The molecule has 0 heterocycles. The number of halogens is 5. The Bertz CT molecular complexity index is 616.